The zero-order valence-electron chi connectivity index (χ0n) is 9.64. The van der Waals surface area contributed by atoms with Crippen molar-refractivity contribution in [2.24, 2.45) is 0 Å². The third kappa shape index (κ3) is 1.27. The summed E-state index contributed by atoms with van der Waals surface area (Å²) in [4.78, 5) is 4.19. The molecule has 0 saturated carbocycles. The molecule has 3 aromatic rings. The number of methoxy groups -OCH3 is 1. The number of aryl methyl sites for hydroxylation is 1. The Hall–Kier alpha value is -2.23. The van der Waals surface area contributed by atoms with Gasteiger partial charge in [-0.25, -0.2) is 0 Å². The van der Waals surface area contributed by atoms with Crippen molar-refractivity contribution in [1.29, 1.82) is 0 Å². The molecule has 86 valence electrons. The molecule has 0 amide bonds. The first-order valence-corrected chi connectivity index (χ1v) is 5.35. The zero-order chi connectivity index (χ0) is 12.0. The summed E-state index contributed by atoms with van der Waals surface area (Å²) < 4.78 is 6.34. The molecule has 0 bridgehead atoms. The summed E-state index contributed by atoms with van der Waals surface area (Å²) in [5, 5.41) is 12.2. The van der Waals surface area contributed by atoms with E-state index < -0.39 is 0 Å². The van der Waals surface area contributed by atoms with E-state index in [0.29, 0.717) is 0 Å². The van der Waals surface area contributed by atoms with Gasteiger partial charge in [-0.3, -0.25) is 4.98 Å². The lowest BCUT2D eigenvalue weighted by molar-refractivity contribution is 0.212. The van der Waals surface area contributed by atoms with Crippen LogP contribution in [0.3, 0.4) is 0 Å². The molecule has 0 aliphatic rings. The molecule has 0 atom stereocenters. The molecule has 0 saturated heterocycles. The molecule has 1 aromatic carbocycles. The van der Waals surface area contributed by atoms with Gasteiger partial charge in [0.2, 0.25) is 0 Å². The van der Waals surface area contributed by atoms with E-state index in [9.17, 15) is 5.21 Å². The highest BCUT2D eigenvalue weighted by molar-refractivity contribution is 6.08. The SMILES string of the molecule is COc1ccc2c3ccnc(C)c3n(O)c2c1. The number of benzene rings is 1. The maximum Gasteiger partial charge on any atom is 0.121 e. The highest BCUT2D eigenvalue weighted by Crippen LogP contribution is 2.31. The topological polar surface area (TPSA) is 47.3 Å². The third-order valence-corrected chi connectivity index (χ3v) is 3.04. The van der Waals surface area contributed by atoms with E-state index in [4.69, 9.17) is 4.74 Å². The predicted octanol–water partition coefficient (Wildman–Crippen LogP) is 2.74. The van der Waals surface area contributed by atoms with Gasteiger partial charge >= 0.3 is 0 Å². The van der Waals surface area contributed by atoms with Gasteiger partial charge in [0.05, 0.1) is 18.3 Å². The Bertz CT molecular complexity index is 716. The van der Waals surface area contributed by atoms with Gasteiger partial charge in [-0.15, -0.1) is 0 Å². The van der Waals surface area contributed by atoms with Crippen molar-refractivity contribution in [1.82, 2.24) is 9.71 Å². The van der Waals surface area contributed by atoms with E-state index in [-0.39, 0.29) is 0 Å². The van der Waals surface area contributed by atoms with Gasteiger partial charge in [-0.1, -0.05) is 0 Å². The summed E-state index contributed by atoms with van der Waals surface area (Å²) >= 11 is 0. The molecule has 2 heterocycles. The van der Waals surface area contributed by atoms with Crippen LogP contribution in [0.5, 0.6) is 5.75 Å². The van der Waals surface area contributed by atoms with E-state index in [0.717, 1.165) is 33.2 Å². The number of rotatable bonds is 1. The first kappa shape index (κ1) is 9.96. The van der Waals surface area contributed by atoms with E-state index >= 15 is 0 Å². The van der Waals surface area contributed by atoms with Crippen molar-refractivity contribution in [2.45, 2.75) is 6.92 Å². The van der Waals surface area contributed by atoms with Crippen LogP contribution < -0.4 is 4.74 Å². The maximum atomic E-state index is 10.2. The quantitative estimate of drug-likeness (QED) is 0.651. The van der Waals surface area contributed by atoms with Crippen LogP contribution in [0.15, 0.2) is 30.5 Å². The van der Waals surface area contributed by atoms with Crippen LogP contribution >= 0.6 is 0 Å². The third-order valence-electron chi connectivity index (χ3n) is 3.04. The molecule has 4 heteroatoms. The molecule has 17 heavy (non-hydrogen) atoms. The Morgan fingerprint density at radius 2 is 2.06 bits per heavy atom. The molecule has 0 aliphatic carbocycles. The lowest BCUT2D eigenvalue weighted by atomic mass is 10.1. The Balaban J connectivity index is 2.53. The van der Waals surface area contributed by atoms with Crippen LogP contribution in [0.2, 0.25) is 0 Å². The summed E-state index contributed by atoms with van der Waals surface area (Å²) in [6.45, 7) is 1.88. The molecule has 3 rings (SSSR count). The molecule has 0 unspecified atom stereocenters. The smallest absolute Gasteiger partial charge is 0.121 e. The highest BCUT2D eigenvalue weighted by atomic mass is 16.5. The summed E-state index contributed by atoms with van der Waals surface area (Å²) in [7, 11) is 1.61. The van der Waals surface area contributed by atoms with Crippen molar-refractivity contribution in [3.63, 3.8) is 0 Å². The van der Waals surface area contributed by atoms with Crippen molar-refractivity contribution in [2.75, 3.05) is 7.11 Å². The van der Waals surface area contributed by atoms with Crippen LogP contribution in [0, 0.1) is 6.92 Å². The number of hydrogen-bond donors (Lipinski definition) is 1. The van der Waals surface area contributed by atoms with Gasteiger partial charge in [-0.05, 0) is 25.1 Å². The Kier molecular flexibility index (Phi) is 1.98. The van der Waals surface area contributed by atoms with Crippen molar-refractivity contribution in [3.05, 3.63) is 36.2 Å². The predicted molar refractivity (Wildman–Crippen MR) is 65.7 cm³/mol. The zero-order valence-corrected chi connectivity index (χ0v) is 9.64. The lowest BCUT2D eigenvalue weighted by Crippen LogP contribution is -1.92. The minimum Gasteiger partial charge on any atom is -0.497 e. The molecule has 0 fully saturated rings. The van der Waals surface area contributed by atoms with E-state index in [1.165, 1.54) is 4.73 Å². The number of ether oxygens (including phenoxy) is 1. The second-order valence-corrected chi connectivity index (χ2v) is 3.99. The minimum atomic E-state index is 0.723. The first-order chi connectivity index (χ1) is 8.22. The molecular weight excluding hydrogens is 216 g/mol. The van der Waals surface area contributed by atoms with E-state index in [1.54, 1.807) is 13.3 Å². The van der Waals surface area contributed by atoms with Crippen LogP contribution in [-0.2, 0) is 0 Å². The number of hydrogen-bond acceptors (Lipinski definition) is 3. The molecule has 1 N–H and O–H groups in total. The average Bonchev–Trinajstić information content (AvgIpc) is 2.64. The van der Waals surface area contributed by atoms with Gasteiger partial charge in [0, 0.05) is 23.0 Å². The molecule has 2 aromatic heterocycles. The number of fused-ring (bicyclic) bond motifs is 3. The maximum absolute atomic E-state index is 10.2. The fourth-order valence-corrected chi connectivity index (χ4v) is 2.21. The van der Waals surface area contributed by atoms with Crippen LogP contribution in [-0.4, -0.2) is 22.0 Å². The van der Waals surface area contributed by atoms with E-state index in [2.05, 4.69) is 4.98 Å². The van der Waals surface area contributed by atoms with Crippen LogP contribution in [0.4, 0.5) is 0 Å². The molecular formula is C13H12N2O2. The Labute approximate surface area is 98.0 Å². The molecule has 4 nitrogen and oxygen atoms in total. The second-order valence-electron chi connectivity index (χ2n) is 3.99. The Morgan fingerprint density at radius 1 is 1.24 bits per heavy atom. The van der Waals surface area contributed by atoms with Crippen molar-refractivity contribution < 1.29 is 9.94 Å². The van der Waals surface area contributed by atoms with Gasteiger partial charge < -0.3 is 9.94 Å². The summed E-state index contributed by atoms with van der Waals surface area (Å²) in [6.07, 6.45) is 1.75. The summed E-state index contributed by atoms with van der Waals surface area (Å²) in [5.74, 6) is 0.723. The normalized spacial score (nSPS) is 11.2. The fourth-order valence-electron chi connectivity index (χ4n) is 2.21. The number of nitrogens with zero attached hydrogens (tertiary/aromatic N) is 2. The molecule has 0 aliphatic heterocycles. The van der Waals surface area contributed by atoms with Gasteiger partial charge in [0.25, 0.3) is 0 Å². The van der Waals surface area contributed by atoms with Crippen molar-refractivity contribution >= 4 is 21.8 Å². The fraction of sp³-hybridized carbons (Fsp3) is 0.154. The molecule has 0 radical (unpaired) electrons. The van der Waals surface area contributed by atoms with Crippen LogP contribution in [0.1, 0.15) is 5.69 Å². The van der Waals surface area contributed by atoms with Gasteiger partial charge in [-0.2, -0.15) is 4.73 Å². The monoisotopic (exact) mass is 228 g/mol. The van der Waals surface area contributed by atoms with Crippen LogP contribution in [0.25, 0.3) is 21.8 Å². The summed E-state index contributed by atoms with van der Waals surface area (Å²) in [6, 6.07) is 7.55. The number of pyridine rings is 1. The average molecular weight is 228 g/mol. The van der Waals surface area contributed by atoms with Crippen molar-refractivity contribution in [3.8, 4) is 5.75 Å². The molecule has 0 spiro atoms. The summed E-state index contributed by atoms with van der Waals surface area (Å²) in [5.41, 5.74) is 2.28. The van der Waals surface area contributed by atoms with Gasteiger partial charge in [0.15, 0.2) is 0 Å². The largest absolute Gasteiger partial charge is 0.497 e. The van der Waals surface area contributed by atoms with E-state index in [1.807, 2.05) is 31.2 Å². The standard InChI is InChI=1S/C13H12N2O2/c1-8-13-11(5-6-14-8)10-4-3-9(17-2)7-12(10)15(13)16/h3-7,16H,1-2H3. The highest BCUT2D eigenvalue weighted by Gasteiger charge is 2.12. The lowest BCUT2D eigenvalue weighted by Gasteiger charge is -2.00. The van der Waals surface area contributed by atoms with Gasteiger partial charge in [0.1, 0.15) is 11.3 Å². The second kappa shape index (κ2) is 3.38. The minimum absolute atomic E-state index is 0.723. The Morgan fingerprint density at radius 3 is 2.82 bits per heavy atom. The first-order valence-electron chi connectivity index (χ1n) is 5.35. The number of aromatic nitrogens is 2.